The normalized spacial score (nSPS) is 29.6. The Balaban J connectivity index is 1.51. The van der Waals surface area contributed by atoms with Crippen molar-refractivity contribution in [1.82, 2.24) is 10.2 Å². The first-order chi connectivity index (χ1) is 9.81. The van der Waals surface area contributed by atoms with Crippen LogP contribution in [0.15, 0.2) is 18.2 Å². The summed E-state index contributed by atoms with van der Waals surface area (Å²) in [6.07, 6.45) is 4.01. The van der Waals surface area contributed by atoms with E-state index >= 15 is 0 Å². The van der Waals surface area contributed by atoms with Gasteiger partial charge in [0.1, 0.15) is 0 Å². The molecule has 3 aliphatic rings. The van der Waals surface area contributed by atoms with Crippen LogP contribution in [-0.4, -0.2) is 44.2 Å². The molecule has 0 amide bonds. The maximum Gasteiger partial charge on any atom is 0.0397 e. The van der Waals surface area contributed by atoms with E-state index in [4.69, 9.17) is 0 Å². The first-order valence-corrected chi connectivity index (χ1v) is 8.09. The van der Waals surface area contributed by atoms with Crippen LogP contribution in [0.5, 0.6) is 0 Å². The number of likely N-dealkylation sites (tertiary alicyclic amines) is 1. The van der Waals surface area contributed by atoms with Gasteiger partial charge in [-0.05, 0) is 55.5 Å². The number of benzene rings is 1. The summed E-state index contributed by atoms with van der Waals surface area (Å²) in [5, 5.41) is 3.58. The van der Waals surface area contributed by atoms with Crippen LogP contribution in [0, 0.1) is 5.92 Å². The van der Waals surface area contributed by atoms with Gasteiger partial charge in [-0.15, -0.1) is 0 Å². The van der Waals surface area contributed by atoms with Crippen molar-refractivity contribution in [2.45, 2.75) is 31.8 Å². The van der Waals surface area contributed by atoms with Gasteiger partial charge in [0.25, 0.3) is 0 Å². The molecular formula is C17H25N3. The maximum atomic E-state index is 3.58. The van der Waals surface area contributed by atoms with Gasteiger partial charge in [-0.1, -0.05) is 12.1 Å². The molecule has 0 bridgehead atoms. The molecular weight excluding hydrogens is 246 g/mol. The topological polar surface area (TPSA) is 18.5 Å². The number of rotatable bonds is 2. The minimum atomic E-state index is 0.777. The monoisotopic (exact) mass is 271 g/mol. The van der Waals surface area contributed by atoms with E-state index in [0.29, 0.717) is 0 Å². The van der Waals surface area contributed by atoms with E-state index in [2.05, 4.69) is 40.4 Å². The van der Waals surface area contributed by atoms with Crippen molar-refractivity contribution >= 4 is 5.69 Å². The Kier molecular flexibility index (Phi) is 3.20. The Morgan fingerprint density at radius 1 is 1.25 bits per heavy atom. The molecule has 0 saturated carbocycles. The quantitative estimate of drug-likeness (QED) is 0.886. The minimum absolute atomic E-state index is 0.777. The molecule has 20 heavy (non-hydrogen) atoms. The Labute approximate surface area is 121 Å². The van der Waals surface area contributed by atoms with E-state index in [-0.39, 0.29) is 0 Å². The number of nitrogens with zero attached hydrogens (tertiary/aromatic N) is 2. The van der Waals surface area contributed by atoms with Gasteiger partial charge in [0.2, 0.25) is 0 Å². The van der Waals surface area contributed by atoms with Crippen molar-refractivity contribution in [3.8, 4) is 0 Å². The molecule has 2 unspecified atom stereocenters. The molecule has 3 heteroatoms. The molecule has 3 nitrogen and oxygen atoms in total. The summed E-state index contributed by atoms with van der Waals surface area (Å²) in [5.41, 5.74) is 4.49. The van der Waals surface area contributed by atoms with Crippen LogP contribution in [-0.2, 0) is 13.0 Å². The fourth-order valence-electron chi connectivity index (χ4n) is 4.31. The molecule has 1 aromatic rings. The highest BCUT2D eigenvalue weighted by atomic mass is 15.2. The number of fused-ring (bicyclic) bond motifs is 2. The summed E-state index contributed by atoms with van der Waals surface area (Å²) in [6, 6.07) is 7.89. The van der Waals surface area contributed by atoms with Crippen molar-refractivity contribution in [2.75, 3.05) is 38.1 Å². The van der Waals surface area contributed by atoms with Gasteiger partial charge in [-0.25, -0.2) is 0 Å². The number of hydrogen-bond acceptors (Lipinski definition) is 3. The van der Waals surface area contributed by atoms with Crippen LogP contribution >= 0.6 is 0 Å². The van der Waals surface area contributed by atoms with Gasteiger partial charge < -0.3 is 10.2 Å². The summed E-state index contributed by atoms with van der Waals surface area (Å²) in [7, 11) is 2.20. The second-order valence-corrected chi connectivity index (χ2v) is 6.73. The van der Waals surface area contributed by atoms with Crippen molar-refractivity contribution in [1.29, 1.82) is 0 Å². The van der Waals surface area contributed by atoms with Crippen LogP contribution in [0.25, 0.3) is 0 Å². The van der Waals surface area contributed by atoms with Gasteiger partial charge in [0.15, 0.2) is 0 Å². The zero-order valence-electron chi connectivity index (χ0n) is 12.4. The molecule has 2 atom stereocenters. The summed E-state index contributed by atoms with van der Waals surface area (Å²) in [5.74, 6) is 0.893. The van der Waals surface area contributed by atoms with Crippen LogP contribution in [0.4, 0.5) is 5.69 Å². The number of nitrogens with one attached hydrogen (secondary N) is 1. The SMILES string of the molecule is CN1CCc2cc(CN3CCCC4CNCC43)ccc21. The Hall–Kier alpha value is -1.06. The molecule has 108 valence electrons. The van der Waals surface area contributed by atoms with Crippen molar-refractivity contribution in [2.24, 2.45) is 5.92 Å². The number of piperidine rings is 1. The molecule has 0 spiro atoms. The summed E-state index contributed by atoms with van der Waals surface area (Å²) >= 11 is 0. The number of likely N-dealkylation sites (N-methyl/N-ethyl adjacent to an activating group) is 1. The first-order valence-electron chi connectivity index (χ1n) is 8.09. The van der Waals surface area contributed by atoms with E-state index in [1.54, 1.807) is 5.56 Å². The fourth-order valence-corrected chi connectivity index (χ4v) is 4.31. The highest BCUT2D eigenvalue weighted by molar-refractivity contribution is 5.58. The summed E-state index contributed by atoms with van der Waals surface area (Å²) in [6.45, 7) is 6.02. The highest BCUT2D eigenvalue weighted by Gasteiger charge is 2.34. The first kappa shape index (κ1) is 12.7. The zero-order chi connectivity index (χ0) is 13.5. The highest BCUT2D eigenvalue weighted by Crippen LogP contribution is 2.30. The van der Waals surface area contributed by atoms with E-state index in [9.17, 15) is 0 Å². The van der Waals surface area contributed by atoms with Gasteiger partial charge in [-0.2, -0.15) is 0 Å². The lowest BCUT2D eigenvalue weighted by atomic mass is 9.91. The smallest absolute Gasteiger partial charge is 0.0397 e. The van der Waals surface area contributed by atoms with E-state index in [1.165, 1.54) is 56.7 Å². The Morgan fingerprint density at radius 3 is 3.15 bits per heavy atom. The minimum Gasteiger partial charge on any atom is -0.374 e. The predicted molar refractivity (Wildman–Crippen MR) is 83.2 cm³/mol. The third kappa shape index (κ3) is 2.13. The molecule has 0 radical (unpaired) electrons. The van der Waals surface area contributed by atoms with Crippen LogP contribution < -0.4 is 10.2 Å². The standard InChI is InChI=1S/C17H25N3/c1-19-8-6-14-9-13(4-5-16(14)19)12-20-7-2-3-15-10-18-11-17(15)20/h4-5,9,15,17-18H,2-3,6-8,10-12H2,1H3. The van der Waals surface area contributed by atoms with Gasteiger partial charge in [0, 0.05) is 38.4 Å². The lowest BCUT2D eigenvalue weighted by Crippen LogP contribution is -2.44. The van der Waals surface area contributed by atoms with E-state index < -0.39 is 0 Å². The van der Waals surface area contributed by atoms with Crippen molar-refractivity contribution in [3.05, 3.63) is 29.3 Å². The van der Waals surface area contributed by atoms with Crippen LogP contribution in [0.1, 0.15) is 24.0 Å². The van der Waals surface area contributed by atoms with E-state index in [0.717, 1.165) is 18.5 Å². The zero-order valence-corrected chi connectivity index (χ0v) is 12.4. The molecule has 2 saturated heterocycles. The average Bonchev–Trinajstić information content (AvgIpc) is 3.07. The second-order valence-electron chi connectivity index (χ2n) is 6.73. The summed E-state index contributed by atoms with van der Waals surface area (Å²) in [4.78, 5) is 5.09. The van der Waals surface area contributed by atoms with Gasteiger partial charge in [0.05, 0.1) is 0 Å². The largest absolute Gasteiger partial charge is 0.374 e. The molecule has 1 N–H and O–H groups in total. The average molecular weight is 271 g/mol. The maximum absolute atomic E-state index is 3.58. The fraction of sp³-hybridized carbons (Fsp3) is 0.647. The molecule has 1 aromatic carbocycles. The van der Waals surface area contributed by atoms with Crippen LogP contribution in [0.2, 0.25) is 0 Å². The van der Waals surface area contributed by atoms with Crippen molar-refractivity contribution in [3.63, 3.8) is 0 Å². The molecule has 3 aliphatic heterocycles. The number of anilines is 1. The van der Waals surface area contributed by atoms with Crippen LogP contribution in [0.3, 0.4) is 0 Å². The molecule has 4 rings (SSSR count). The molecule has 0 aromatic heterocycles. The van der Waals surface area contributed by atoms with Gasteiger partial charge >= 0.3 is 0 Å². The van der Waals surface area contributed by atoms with E-state index in [1.807, 2.05) is 0 Å². The molecule has 2 fully saturated rings. The lowest BCUT2D eigenvalue weighted by Gasteiger charge is -2.37. The third-order valence-electron chi connectivity index (χ3n) is 5.45. The molecule has 0 aliphatic carbocycles. The van der Waals surface area contributed by atoms with Gasteiger partial charge in [-0.3, -0.25) is 4.90 Å². The Bertz CT molecular complexity index is 499. The third-order valence-corrected chi connectivity index (χ3v) is 5.45. The van der Waals surface area contributed by atoms with Crippen molar-refractivity contribution < 1.29 is 0 Å². The predicted octanol–water partition coefficient (Wildman–Crippen LogP) is 1.86. The Morgan fingerprint density at radius 2 is 2.20 bits per heavy atom. The molecule has 3 heterocycles. The second kappa shape index (κ2) is 5.05. The lowest BCUT2D eigenvalue weighted by molar-refractivity contribution is 0.117. The summed E-state index contributed by atoms with van der Waals surface area (Å²) < 4.78 is 0. The number of hydrogen-bond donors (Lipinski definition) is 1.